The number of nitrogens with zero attached hydrogens (tertiary/aromatic N) is 2. The molecule has 0 aliphatic carbocycles. The Bertz CT molecular complexity index is 812. The lowest BCUT2D eigenvalue weighted by molar-refractivity contribution is 0.340. The predicted octanol–water partition coefficient (Wildman–Crippen LogP) is 4.17. The maximum Gasteiger partial charge on any atom is 0.156 e. The number of benzene rings is 1. The summed E-state index contributed by atoms with van der Waals surface area (Å²) in [5, 5.41) is 1.04. The highest BCUT2D eigenvalue weighted by Gasteiger charge is 2.15. The molecule has 0 fully saturated rings. The maximum absolute atomic E-state index is 6.23. The second-order valence-electron chi connectivity index (χ2n) is 4.77. The van der Waals surface area contributed by atoms with Crippen molar-refractivity contribution in [3.05, 3.63) is 52.3 Å². The van der Waals surface area contributed by atoms with Crippen molar-refractivity contribution in [2.75, 3.05) is 6.61 Å². The highest BCUT2D eigenvalue weighted by Crippen LogP contribution is 2.30. The molecule has 0 saturated heterocycles. The van der Waals surface area contributed by atoms with Crippen molar-refractivity contribution in [1.29, 1.82) is 0 Å². The molecule has 0 spiro atoms. The lowest BCUT2D eigenvalue weighted by atomic mass is 10.1. The van der Waals surface area contributed by atoms with Crippen LogP contribution in [-0.4, -0.2) is 16.0 Å². The van der Waals surface area contributed by atoms with Gasteiger partial charge in [-0.25, -0.2) is 4.98 Å². The van der Waals surface area contributed by atoms with Crippen LogP contribution in [0.2, 0.25) is 10.0 Å². The Morgan fingerprint density at radius 3 is 2.59 bits per heavy atom. The van der Waals surface area contributed by atoms with Crippen LogP contribution in [0.3, 0.4) is 0 Å². The van der Waals surface area contributed by atoms with Gasteiger partial charge in [0.1, 0.15) is 5.75 Å². The van der Waals surface area contributed by atoms with Gasteiger partial charge in [-0.05, 0) is 37.3 Å². The van der Waals surface area contributed by atoms with Crippen LogP contribution < -0.4 is 10.5 Å². The molecule has 114 valence electrons. The van der Waals surface area contributed by atoms with E-state index in [9.17, 15) is 0 Å². The number of halogens is 2. The minimum atomic E-state index is 0.334. The largest absolute Gasteiger partial charge is 0.494 e. The SMILES string of the molecule is CCOc1ccc(-c2nc3c(Cl)cc(Cl)cn3c2CN)cc1. The Morgan fingerprint density at radius 2 is 1.95 bits per heavy atom. The molecule has 4 nitrogen and oxygen atoms in total. The van der Waals surface area contributed by atoms with E-state index in [1.807, 2.05) is 35.6 Å². The van der Waals surface area contributed by atoms with Gasteiger partial charge in [-0.3, -0.25) is 4.40 Å². The fraction of sp³-hybridized carbons (Fsp3) is 0.188. The van der Waals surface area contributed by atoms with Crippen molar-refractivity contribution >= 4 is 28.8 Å². The number of hydrogen-bond donors (Lipinski definition) is 1. The Kier molecular flexibility index (Phi) is 4.25. The first kappa shape index (κ1) is 15.2. The lowest BCUT2D eigenvalue weighted by Gasteiger charge is -2.05. The zero-order valence-corrected chi connectivity index (χ0v) is 13.5. The topological polar surface area (TPSA) is 52.5 Å². The Morgan fingerprint density at radius 1 is 1.23 bits per heavy atom. The van der Waals surface area contributed by atoms with Gasteiger partial charge in [0.2, 0.25) is 0 Å². The molecule has 2 N–H and O–H groups in total. The van der Waals surface area contributed by atoms with Crippen LogP contribution in [0.15, 0.2) is 36.5 Å². The Hall–Kier alpha value is -1.75. The van der Waals surface area contributed by atoms with Gasteiger partial charge in [0.25, 0.3) is 0 Å². The van der Waals surface area contributed by atoms with E-state index in [1.54, 1.807) is 12.3 Å². The van der Waals surface area contributed by atoms with E-state index in [2.05, 4.69) is 4.98 Å². The summed E-state index contributed by atoms with van der Waals surface area (Å²) in [6.07, 6.45) is 1.77. The summed E-state index contributed by atoms with van der Waals surface area (Å²) in [5.41, 5.74) is 9.18. The van der Waals surface area contributed by atoms with Gasteiger partial charge in [0, 0.05) is 18.3 Å². The van der Waals surface area contributed by atoms with E-state index in [-0.39, 0.29) is 0 Å². The average Bonchev–Trinajstić information content (AvgIpc) is 2.87. The zero-order chi connectivity index (χ0) is 15.7. The number of pyridine rings is 1. The summed E-state index contributed by atoms with van der Waals surface area (Å²) in [6.45, 7) is 2.92. The highest BCUT2D eigenvalue weighted by atomic mass is 35.5. The van der Waals surface area contributed by atoms with E-state index in [1.165, 1.54) is 0 Å². The lowest BCUT2D eigenvalue weighted by Crippen LogP contribution is -2.02. The first-order valence-electron chi connectivity index (χ1n) is 6.93. The Balaban J connectivity index is 2.15. The van der Waals surface area contributed by atoms with Crippen molar-refractivity contribution in [3.63, 3.8) is 0 Å². The number of hydrogen-bond acceptors (Lipinski definition) is 3. The molecule has 2 aromatic heterocycles. The molecular weight excluding hydrogens is 321 g/mol. The van der Waals surface area contributed by atoms with Gasteiger partial charge >= 0.3 is 0 Å². The van der Waals surface area contributed by atoms with Crippen molar-refractivity contribution in [2.45, 2.75) is 13.5 Å². The molecule has 0 atom stereocenters. The van der Waals surface area contributed by atoms with E-state index >= 15 is 0 Å². The summed E-state index contributed by atoms with van der Waals surface area (Å²) in [5.74, 6) is 0.824. The molecule has 0 aliphatic heterocycles. The molecule has 6 heteroatoms. The van der Waals surface area contributed by atoms with Crippen LogP contribution in [0.25, 0.3) is 16.9 Å². The second kappa shape index (κ2) is 6.16. The van der Waals surface area contributed by atoms with E-state index < -0.39 is 0 Å². The number of ether oxygens (including phenoxy) is 1. The summed E-state index contributed by atoms with van der Waals surface area (Å²) in [6, 6.07) is 9.42. The third-order valence-corrected chi connectivity index (χ3v) is 3.86. The van der Waals surface area contributed by atoms with Crippen molar-refractivity contribution in [1.82, 2.24) is 9.38 Å². The minimum absolute atomic E-state index is 0.334. The fourth-order valence-electron chi connectivity index (χ4n) is 2.42. The normalized spacial score (nSPS) is 11.1. The van der Waals surface area contributed by atoms with Gasteiger partial charge in [-0.2, -0.15) is 0 Å². The quantitative estimate of drug-likeness (QED) is 0.778. The molecule has 0 bridgehead atoms. The van der Waals surface area contributed by atoms with Crippen molar-refractivity contribution in [3.8, 4) is 17.0 Å². The van der Waals surface area contributed by atoms with Crippen molar-refractivity contribution < 1.29 is 4.74 Å². The van der Waals surface area contributed by atoms with Gasteiger partial charge in [-0.1, -0.05) is 23.2 Å². The minimum Gasteiger partial charge on any atom is -0.494 e. The summed E-state index contributed by atoms with van der Waals surface area (Å²) < 4.78 is 7.30. The number of aromatic nitrogens is 2. The summed E-state index contributed by atoms with van der Waals surface area (Å²) in [4.78, 5) is 4.62. The van der Waals surface area contributed by atoms with Crippen LogP contribution in [0.5, 0.6) is 5.75 Å². The second-order valence-corrected chi connectivity index (χ2v) is 5.61. The van der Waals surface area contributed by atoms with Gasteiger partial charge in [0.15, 0.2) is 5.65 Å². The van der Waals surface area contributed by atoms with E-state index in [0.717, 1.165) is 22.7 Å². The Labute approximate surface area is 138 Å². The first-order chi connectivity index (χ1) is 10.6. The monoisotopic (exact) mass is 335 g/mol. The maximum atomic E-state index is 6.23. The van der Waals surface area contributed by atoms with Crippen LogP contribution in [0.1, 0.15) is 12.6 Å². The summed E-state index contributed by atoms with van der Waals surface area (Å²) in [7, 11) is 0. The smallest absolute Gasteiger partial charge is 0.156 e. The fourth-order valence-corrected chi connectivity index (χ4v) is 2.94. The molecule has 2 heterocycles. The first-order valence-corrected chi connectivity index (χ1v) is 7.69. The number of rotatable bonds is 4. The molecule has 0 unspecified atom stereocenters. The number of imidazole rings is 1. The van der Waals surface area contributed by atoms with Crippen LogP contribution in [0, 0.1) is 0 Å². The molecule has 1 aromatic carbocycles. The number of nitrogens with two attached hydrogens (primary N) is 1. The highest BCUT2D eigenvalue weighted by molar-refractivity contribution is 6.36. The molecule has 3 rings (SSSR count). The van der Waals surface area contributed by atoms with Gasteiger partial charge in [0.05, 0.1) is 28.0 Å². The number of fused-ring (bicyclic) bond motifs is 1. The van der Waals surface area contributed by atoms with E-state index in [0.29, 0.717) is 28.8 Å². The van der Waals surface area contributed by atoms with Crippen LogP contribution >= 0.6 is 23.2 Å². The third kappa shape index (κ3) is 2.65. The molecule has 0 radical (unpaired) electrons. The van der Waals surface area contributed by atoms with Crippen molar-refractivity contribution in [2.24, 2.45) is 5.73 Å². The molecule has 3 aromatic rings. The average molecular weight is 336 g/mol. The molecular formula is C16H15Cl2N3O. The van der Waals surface area contributed by atoms with Gasteiger partial charge in [-0.15, -0.1) is 0 Å². The predicted molar refractivity (Wildman–Crippen MR) is 89.7 cm³/mol. The molecule has 0 aliphatic rings. The molecule has 0 saturated carbocycles. The van der Waals surface area contributed by atoms with Crippen LogP contribution in [0.4, 0.5) is 0 Å². The zero-order valence-electron chi connectivity index (χ0n) is 12.0. The standard InChI is InChI=1S/C16H15Cl2N3O/c1-2-22-12-5-3-10(4-6-12)15-14(8-19)21-9-11(17)7-13(18)16(21)20-15/h3-7,9H,2,8,19H2,1H3. The summed E-state index contributed by atoms with van der Waals surface area (Å²) >= 11 is 12.3. The van der Waals surface area contributed by atoms with Crippen LogP contribution in [-0.2, 0) is 6.54 Å². The molecule has 22 heavy (non-hydrogen) atoms. The molecule has 0 amide bonds. The van der Waals surface area contributed by atoms with E-state index in [4.69, 9.17) is 33.7 Å². The van der Waals surface area contributed by atoms with Gasteiger partial charge < -0.3 is 10.5 Å². The third-order valence-electron chi connectivity index (χ3n) is 3.37.